The van der Waals surface area contributed by atoms with Gasteiger partial charge in [-0.1, -0.05) is 60.2 Å². The van der Waals surface area contributed by atoms with E-state index < -0.39 is 0 Å². The van der Waals surface area contributed by atoms with Crippen molar-refractivity contribution in [1.29, 1.82) is 0 Å². The third kappa shape index (κ3) is 4.70. The molecule has 2 nitrogen and oxygen atoms in total. The third-order valence-electron chi connectivity index (χ3n) is 6.37. The zero-order valence-electron chi connectivity index (χ0n) is 19.3. The minimum absolute atomic E-state index is 0.865. The largest absolute Gasteiger partial charge is 0.497 e. The van der Waals surface area contributed by atoms with Gasteiger partial charge < -0.3 is 9.64 Å². The molecule has 0 amide bonds. The average molecular weight is 432 g/mol. The van der Waals surface area contributed by atoms with E-state index in [9.17, 15) is 0 Å². The number of anilines is 3. The summed E-state index contributed by atoms with van der Waals surface area (Å²) in [7, 11) is 1.70. The Bertz CT molecular complexity index is 1250. The molecule has 0 atom stereocenters. The minimum Gasteiger partial charge on any atom is -0.497 e. The summed E-state index contributed by atoms with van der Waals surface area (Å²) in [6.07, 6.45) is 7.95. The molecule has 4 aromatic carbocycles. The van der Waals surface area contributed by atoms with Crippen LogP contribution in [0, 0.1) is 6.92 Å². The number of hydrogen-bond donors (Lipinski definition) is 0. The molecule has 0 unspecified atom stereocenters. The Balaban J connectivity index is 1.47. The SMILES string of the molecule is COc1ccc(N(c2ccc(C=Cc3ccc(C)cc3)cc2)c2ccc3c(c2)CCC3)cc1. The Morgan fingerprint density at radius 1 is 0.636 bits per heavy atom. The molecule has 4 aromatic rings. The van der Waals surface area contributed by atoms with Crippen molar-refractivity contribution in [3.63, 3.8) is 0 Å². The van der Waals surface area contributed by atoms with E-state index in [1.165, 1.54) is 52.8 Å². The molecule has 0 aromatic heterocycles. The highest BCUT2D eigenvalue weighted by molar-refractivity contribution is 5.79. The second-order valence-electron chi connectivity index (χ2n) is 8.68. The van der Waals surface area contributed by atoms with Gasteiger partial charge >= 0.3 is 0 Å². The lowest BCUT2D eigenvalue weighted by Gasteiger charge is -2.26. The lowest BCUT2D eigenvalue weighted by atomic mass is 10.1. The molecule has 0 N–H and O–H groups in total. The molecule has 164 valence electrons. The molecular weight excluding hydrogens is 402 g/mol. The summed E-state index contributed by atoms with van der Waals surface area (Å²) < 4.78 is 5.38. The highest BCUT2D eigenvalue weighted by atomic mass is 16.5. The lowest BCUT2D eigenvalue weighted by Crippen LogP contribution is -2.10. The van der Waals surface area contributed by atoms with Gasteiger partial charge in [-0.15, -0.1) is 0 Å². The molecule has 1 aliphatic carbocycles. The summed E-state index contributed by atoms with van der Waals surface area (Å²) in [5.41, 5.74) is 10.1. The molecule has 2 heteroatoms. The summed E-state index contributed by atoms with van der Waals surface area (Å²) in [5, 5.41) is 0. The summed E-state index contributed by atoms with van der Waals surface area (Å²) in [6.45, 7) is 2.11. The Labute approximate surface area is 196 Å². The Morgan fingerprint density at radius 2 is 1.18 bits per heavy atom. The molecule has 0 bridgehead atoms. The van der Waals surface area contributed by atoms with E-state index in [0.29, 0.717) is 0 Å². The fraction of sp³-hybridized carbons (Fsp3) is 0.161. The molecule has 0 fully saturated rings. The molecule has 0 aliphatic heterocycles. The van der Waals surface area contributed by atoms with E-state index in [1.54, 1.807) is 7.11 Å². The van der Waals surface area contributed by atoms with Crippen LogP contribution in [0.2, 0.25) is 0 Å². The molecule has 0 heterocycles. The van der Waals surface area contributed by atoms with Gasteiger partial charge in [0.15, 0.2) is 0 Å². The molecule has 0 saturated carbocycles. The number of fused-ring (bicyclic) bond motifs is 1. The van der Waals surface area contributed by atoms with E-state index >= 15 is 0 Å². The molecule has 5 rings (SSSR count). The average Bonchev–Trinajstić information content (AvgIpc) is 3.33. The van der Waals surface area contributed by atoms with Crippen LogP contribution in [0.1, 0.15) is 34.2 Å². The Hall–Kier alpha value is -3.78. The highest BCUT2D eigenvalue weighted by Crippen LogP contribution is 2.37. The lowest BCUT2D eigenvalue weighted by molar-refractivity contribution is 0.415. The van der Waals surface area contributed by atoms with Gasteiger partial charge in [0, 0.05) is 17.1 Å². The van der Waals surface area contributed by atoms with Crippen molar-refractivity contribution in [3.8, 4) is 5.75 Å². The maximum Gasteiger partial charge on any atom is 0.119 e. The van der Waals surface area contributed by atoms with Crippen molar-refractivity contribution in [2.45, 2.75) is 26.2 Å². The number of rotatable bonds is 6. The van der Waals surface area contributed by atoms with E-state index in [1.807, 2.05) is 12.1 Å². The van der Waals surface area contributed by atoms with Crippen molar-refractivity contribution < 1.29 is 4.74 Å². The summed E-state index contributed by atoms with van der Waals surface area (Å²) in [4.78, 5) is 2.32. The summed E-state index contributed by atoms with van der Waals surface area (Å²) in [5.74, 6) is 0.865. The van der Waals surface area contributed by atoms with Gasteiger partial charge in [0.1, 0.15) is 5.75 Å². The van der Waals surface area contributed by atoms with Crippen LogP contribution in [0.15, 0.2) is 91.0 Å². The fourth-order valence-corrected chi connectivity index (χ4v) is 4.48. The van der Waals surface area contributed by atoms with Gasteiger partial charge in [0.25, 0.3) is 0 Å². The number of aryl methyl sites for hydroxylation is 3. The van der Waals surface area contributed by atoms with Gasteiger partial charge in [0.05, 0.1) is 7.11 Å². The van der Waals surface area contributed by atoms with Gasteiger partial charge in [-0.3, -0.25) is 0 Å². The van der Waals surface area contributed by atoms with Crippen LogP contribution in [-0.2, 0) is 12.8 Å². The highest BCUT2D eigenvalue weighted by Gasteiger charge is 2.17. The number of methoxy groups -OCH3 is 1. The number of benzene rings is 4. The predicted octanol–water partition coefficient (Wildman–Crippen LogP) is 8.13. The van der Waals surface area contributed by atoms with Crippen LogP contribution < -0.4 is 9.64 Å². The molecule has 33 heavy (non-hydrogen) atoms. The van der Waals surface area contributed by atoms with Crippen LogP contribution in [-0.4, -0.2) is 7.11 Å². The zero-order chi connectivity index (χ0) is 22.6. The second-order valence-corrected chi connectivity index (χ2v) is 8.68. The first-order valence-corrected chi connectivity index (χ1v) is 11.6. The van der Waals surface area contributed by atoms with Gasteiger partial charge in [0.2, 0.25) is 0 Å². The topological polar surface area (TPSA) is 12.5 Å². The number of ether oxygens (including phenoxy) is 1. The van der Waals surface area contributed by atoms with Crippen molar-refractivity contribution in [3.05, 3.63) is 119 Å². The molecule has 0 radical (unpaired) electrons. The maximum absolute atomic E-state index is 5.38. The number of nitrogens with zero attached hydrogens (tertiary/aromatic N) is 1. The summed E-state index contributed by atoms with van der Waals surface area (Å²) >= 11 is 0. The quantitative estimate of drug-likeness (QED) is 0.286. The number of hydrogen-bond acceptors (Lipinski definition) is 2. The first-order valence-electron chi connectivity index (χ1n) is 11.6. The fourth-order valence-electron chi connectivity index (χ4n) is 4.48. The van der Waals surface area contributed by atoms with Crippen LogP contribution in [0.25, 0.3) is 12.2 Å². The second kappa shape index (κ2) is 9.38. The van der Waals surface area contributed by atoms with Crippen LogP contribution in [0.3, 0.4) is 0 Å². The smallest absolute Gasteiger partial charge is 0.119 e. The third-order valence-corrected chi connectivity index (χ3v) is 6.37. The molecule has 0 spiro atoms. The Morgan fingerprint density at radius 3 is 1.82 bits per heavy atom. The van der Waals surface area contributed by atoms with Crippen molar-refractivity contribution in [2.24, 2.45) is 0 Å². The maximum atomic E-state index is 5.38. The zero-order valence-corrected chi connectivity index (χ0v) is 19.3. The van der Waals surface area contributed by atoms with Gasteiger partial charge in [-0.2, -0.15) is 0 Å². The van der Waals surface area contributed by atoms with Crippen LogP contribution >= 0.6 is 0 Å². The van der Waals surface area contributed by atoms with E-state index in [-0.39, 0.29) is 0 Å². The normalized spacial score (nSPS) is 12.7. The van der Waals surface area contributed by atoms with E-state index in [2.05, 4.69) is 103 Å². The predicted molar refractivity (Wildman–Crippen MR) is 140 cm³/mol. The van der Waals surface area contributed by atoms with Crippen molar-refractivity contribution in [1.82, 2.24) is 0 Å². The Kier molecular flexibility index (Phi) is 5.99. The summed E-state index contributed by atoms with van der Waals surface area (Å²) in [6, 6.07) is 32.6. The molecule has 0 saturated heterocycles. The molecular formula is C31H29NO. The minimum atomic E-state index is 0.865. The van der Waals surface area contributed by atoms with E-state index in [0.717, 1.165) is 17.1 Å². The van der Waals surface area contributed by atoms with Gasteiger partial charge in [-0.25, -0.2) is 0 Å². The van der Waals surface area contributed by atoms with Gasteiger partial charge in [-0.05, 0) is 97.0 Å². The van der Waals surface area contributed by atoms with Crippen LogP contribution in [0.5, 0.6) is 5.75 Å². The van der Waals surface area contributed by atoms with Crippen molar-refractivity contribution >= 4 is 29.2 Å². The first kappa shape index (κ1) is 21.1. The monoisotopic (exact) mass is 431 g/mol. The van der Waals surface area contributed by atoms with E-state index in [4.69, 9.17) is 4.74 Å². The first-order chi connectivity index (χ1) is 16.2. The standard InChI is InChI=1S/C31H29NO/c1-23-6-8-24(9-7-23)10-11-25-12-15-28(16-13-25)32(29-18-20-31(33-2)21-19-29)30-17-14-26-4-3-5-27(26)22-30/h6-22H,3-5H2,1-2H3. The van der Waals surface area contributed by atoms with Crippen LogP contribution in [0.4, 0.5) is 17.1 Å². The van der Waals surface area contributed by atoms with Crippen molar-refractivity contribution in [2.75, 3.05) is 12.0 Å². The molecule has 1 aliphatic rings.